The lowest BCUT2D eigenvalue weighted by Gasteiger charge is -2.27. The summed E-state index contributed by atoms with van der Waals surface area (Å²) in [6, 6.07) is 3.59. The molecule has 0 saturated carbocycles. The fourth-order valence-corrected chi connectivity index (χ4v) is 5.68. The van der Waals surface area contributed by atoms with Gasteiger partial charge in [-0.25, -0.2) is 13.8 Å². The Kier molecular flexibility index (Phi) is 8.15. The summed E-state index contributed by atoms with van der Waals surface area (Å²) in [5.74, 6) is -1.59. The Morgan fingerprint density at radius 1 is 1.15 bits per heavy atom. The second kappa shape index (κ2) is 11.3. The second-order valence-electron chi connectivity index (χ2n) is 10.2. The van der Waals surface area contributed by atoms with Crippen LogP contribution in [0.5, 0.6) is 5.75 Å². The number of hydrogen-bond acceptors (Lipinski definition) is 9. The number of carbonyl (C=O) groups is 2. The largest absolute Gasteiger partial charge is 0.496 e. The van der Waals surface area contributed by atoms with Crippen molar-refractivity contribution in [1.82, 2.24) is 29.4 Å². The zero-order chi connectivity index (χ0) is 30.2. The zero-order valence-corrected chi connectivity index (χ0v) is 24.5. The Balaban J connectivity index is 1.86. The van der Waals surface area contributed by atoms with E-state index in [4.69, 9.17) is 9.47 Å². The molecule has 218 valence electrons. The summed E-state index contributed by atoms with van der Waals surface area (Å²) < 4.78 is 26.7. The highest BCUT2D eigenvalue weighted by atomic mass is 32.1. The van der Waals surface area contributed by atoms with Crippen LogP contribution >= 0.6 is 11.3 Å². The van der Waals surface area contributed by atoms with Crippen LogP contribution in [0.1, 0.15) is 51.8 Å². The number of fused-ring (bicyclic) bond motifs is 1. The third-order valence-electron chi connectivity index (χ3n) is 6.55. The number of nitrogens with one attached hydrogen (secondary N) is 1. The number of amides is 1. The number of nitrogens with zero attached hydrogens (tertiary/aromatic N) is 5. The number of ether oxygens (including phenoxy) is 2. The van der Waals surface area contributed by atoms with E-state index in [1.165, 1.54) is 56.3 Å². The Hall–Kier alpha value is -4.33. The maximum Gasteiger partial charge on any atom is 0.333 e. The fraction of sp³-hybridized carbons (Fsp3) is 0.407. The van der Waals surface area contributed by atoms with Crippen molar-refractivity contribution in [3.05, 3.63) is 68.4 Å². The van der Waals surface area contributed by atoms with E-state index in [-0.39, 0.29) is 16.3 Å². The molecule has 3 aromatic heterocycles. The summed E-state index contributed by atoms with van der Waals surface area (Å²) >= 11 is 1.05. The summed E-state index contributed by atoms with van der Waals surface area (Å²) in [6.45, 7) is 9.06. The summed E-state index contributed by atoms with van der Waals surface area (Å²) in [4.78, 5) is 55.6. The predicted molar refractivity (Wildman–Crippen MR) is 150 cm³/mol. The first-order valence-corrected chi connectivity index (χ1v) is 13.6. The third kappa shape index (κ3) is 5.51. The van der Waals surface area contributed by atoms with Crippen LogP contribution in [0.15, 0.2) is 40.2 Å². The molecule has 14 heteroatoms. The van der Waals surface area contributed by atoms with Gasteiger partial charge in [-0.2, -0.15) is 10.2 Å². The summed E-state index contributed by atoms with van der Waals surface area (Å²) in [5.41, 5.74) is -2.41. The van der Waals surface area contributed by atoms with E-state index in [0.717, 1.165) is 20.5 Å². The van der Waals surface area contributed by atoms with Crippen molar-refractivity contribution in [2.75, 3.05) is 7.11 Å². The number of benzene rings is 1. The lowest BCUT2D eigenvalue weighted by molar-refractivity contribution is -0.149. The molecule has 0 aliphatic carbocycles. The average molecular weight is 587 g/mol. The van der Waals surface area contributed by atoms with Gasteiger partial charge in [0.15, 0.2) is 0 Å². The molecule has 12 nitrogen and oxygen atoms in total. The molecular weight excluding hydrogens is 555 g/mol. The maximum absolute atomic E-state index is 13.9. The molecule has 0 aliphatic rings. The lowest BCUT2D eigenvalue weighted by Crippen LogP contribution is -2.56. The highest BCUT2D eigenvalue weighted by molar-refractivity contribution is 7.21. The quantitative estimate of drug-likeness (QED) is 0.296. The molecule has 0 bridgehead atoms. The minimum absolute atomic E-state index is 0.139. The van der Waals surface area contributed by atoms with Gasteiger partial charge >= 0.3 is 11.7 Å². The number of esters is 1. The van der Waals surface area contributed by atoms with E-state index in [1.807, 2.05) is 0 Å². The number of rotatable bonds is 9. The molecule has 0 unspecified atom stereocenters. The third-order valence-corrected chi connectivity index (χ3v) is 7.83. The van der Waals surface area contributed by atoms with Crippen LogP contribution in [0.25, 0.3) is 15.2 Å². The van der Waals surface area contributed by atoms with Crippen LogP contribution in [-0.4, -0.2) is 49.2 Å². The SMILES string of the molecule is COc1ccc(F)cc1[C@@H](C)OC(=O)Cn1c(=O)n(C(C)(C)C(=O)NC(C)C)c(=O)c2c(C)c(-n3nccn3)sc21. The molecule has 1 N–H and O–H groups in total. The van der Waals surface area contributed by atoms with E-state index in [1.54, 1.807) is 27.7 Å². The van der Waals surface area contributed by atoms with Crippen LogP contribution in [-0.2, 0) is 26.4 Å². The number of aromatic nitrogens is 5. The van der Waals surface area contributed by atoms with E-state index in [9.17, 15) is 23.6 Å². The van der Waals surface area contributed by atoms with Crippen molar-refractivity contribution >= 4 is 33.4 Å². The molecule has 4 aromatic rings. The summed E-state index contributed by atoms with van der Waals surface area (Å²) in [6.07, 6.45) is 2.01. The van der Waals surface area contributed by atoms with Gasteiger partial charge in [0.1, 0.15) is 39.6 Å². The molecule has 1 aromatic carbocycles. The topological polar surface area (TPSA) is 139 Å². The van der Waals surface area contributed by atoms with Gasteiger partial charge < -0.3 is 14.8 Å². The van der Waals surface area contributed by atoms with Crippen molar-refractivity contribution in [3.63, 3.8) is 0 Å². The van der Waals surface area contributed by atoms with Gasteiger partial charge in [-0.3, -0.25) is 19.0 Å². The Labute approximate surface area is 238 Å². The number of halogens is 1. The first-order chi connectivity index (χ1) is 19.3. The molecule has 0 radical (unpaired) electrons. The molecule has 1 atom stereocenters. The van der Waals surface area contributed by atoms with E-state index >= 15 is 0 Å². The van der Waals surface area contributed by atoms with Gasteiger partial charge in [0, 0.05) is 17.2 Å². The van der Waals surface area contributed by atoms with Crippen LogP contribution in [0.4, 0.5) is 4.39 Å². The van der Waals surface area contributed by atoms with Crippen LogP contribution < -0.4 is 21.3 Å². The van der Waals surface area contributed by atoms with Crippen molar-refractivity contribution in [1.29, 1.82) is 0 Å². The fourth-order valence-electron chi connectivity index (χ4n) is 4.47. The predicted octanol–water partition coefficient (Wildman–Crippen LogP) is 2.83. The van der Waals surface area contributed by atoms with Gasteiger partial charge in [0.2, 0.25) is 5.91 Å². The smallest absolute Gasteiger partial charge is 0.333 e. The summed E-state index contributed by atoms with van der Waals surface area (Å²) in [7, 11) is 1.41. The molecule has 3 heterocycles. The van der Waals surface area contributed by atoms with Crippen LogP contribution in [0, 0.1) is 12.7 Å². The van der Waals surface area contributed by atoms with Crippen LogP contribution in [0.2, 0.25) is 0 Å². The molecule has 4 rings (SSSR count). The monoisotopic (exact) mass is 586 g/mol. The van der Waals surface area contributed by atoms with Crippen molar-refractivity contribution < 1.29 is 23.5 Å². The molecule has 0 spiro atoms. The number of aryl methyl sites for hydroxylation is 1. The van der Waals surface area contributed by atoms with Gasteiger partial charge in [-0.05, 0) is 59.7 Å². The first kappa shape index (κ1) is 29.6. The van der Waals surface area contributed by atoms with E-state index < -0.39 is 47.1 Å². The molecule has 1 amide bonds. The Bertz CT molecular complexity index is 1740. The zero-order valence-electron chi connectivity index (χ0n) is 23.7. The molecule has 0 aliphatic heterocycles. The average Bonchev–Trinajstić information content (AvgIpc) is 3.54. The summed E-state index contributed by atoms with van der Waals surface area (Å²) in [5, 5.41) is 11.6. The van der Waals surface area contributed by atoms with Crippen molar-refractivity contribution in [2.24, 2.45) is 0 Å². The number of thiophene rings is 1. The van der Waals surface area contributed by atoms with Gasteiger partial charge in [0.05, 0.1) is 24.9 Å². The number of carbonyl (C=O) groups excluding carboxylic acids is 2. The van der Waals surface area contributed by atoms with Crippen molar-refractivity contribution in [3.8, 4) is 10.8 Å². The molecular formula is C27H31FN6O6S. The molecule has 0 fully saturated rings. The second-order valence-corrected chi connectivity index (χ2v) is 11.2. The van der Waals surface area contributed by atoms with Crippen molar-refractivity contribution in [2.45, 2.75) is 65.8 Å². The number of methoxy groups -OCH3 is 1. The minimum atomic E-state index is -1.61. The highest BCUT2D eigenvalue weighted by Gasteiger charge is 2.36. The highest BCUT2D eigenvalue weighted by Crippen LogP contribution is 2.32. The molecule has 41 heavy (non-hydrogen) atoms. The van der Waals surface area contributed by atoms with Crippen LogP contribution in [0.3, 0.4) is 0 Å². The lowest BCUT2D eigenvalue weighted by atomic mass is 10.0. The van der Waals surface area contributed by atoms with Gasteiger partial charge in [-0.15, -0.1) is 4.80 Å². The normalized spacial score (nSPS) is 12.5. The van der Waals surface area contributed by atoms with E-state index in [2.05, 4.69) is 15.5 Å². The maximum atomic E-state index is 13.9. The van der Waals surface area contributed by atoms with E-state index in [0.29, 0.717) is 21.9 Å². The molecule has 0 saturated heterocycles. The number of hydrogen-bond donors (Lipinski definition) is 1. The van der Waals surface area contributed by atoms with Gasteiger partial charge in [0.25, 0.3) is 5.56 Å². The Morgan fingerprint density at radius 2 is 1.80 bits per heavy atom. The standard InChI is InChI=1S/C27H31FN6O6S/c1-14(2)31-25(37)27(5,6)33-22(36)21-15(3)23(34-29-10-11-30-34)41-24(21)32(26(33)38)13-20(35)40-16(4)18-12-17(28)8-9-19(18)39-7/h8-12,14,16H,13H2,1-7H3,(H,31,37)/t16-/m1/s1. The van der Waals surface area contributed by atoms with Gasteiger partial charge in [-0.1, -0.05) is 11.3 Å². The Morgan fingerprint density at radius 3 is 2.41 bits per heavy atom. The minimum Gasteiger partial charge on any atom is -0.496 e. The first-order valence-electron chi connectivity index (χ1n) is 12.8.